The van der Waals surface area contributed by atoms with Crippen molar-refractivity contribution in [2.24, 2.45) is 0 Å². The van der Waals surface area contributed by atoms with Crippen molar-refractivity contribution in [1.29, 1.82) is 0 Å². The smallest absolute Gasteiger partial charge is 0.410 e. The molecule has 0 spiro atoms. The monoisotopic (exact) mass is 566 g/mol. The molecule has 4 aromatic rings. The molecule has 1 saturated heterocycles. The minimum atomic E-state index is -0.285. The second-order valence-corrected chi connectivity index (χ2v) is 10.4. The number of hydrogen-bond acceptors (Lipinski definition) is 8. The number of ether oxygens (including phenoxy) is 1. The Labute approximate surface area is 244 Å². The van der Waals surface area contributed by atoms with E-state index in [9.17, 15) is 9.59 Å². The van der Waals surface area contributed by atoms with E-state index in [-0.39, 0.29) is 12.0 Å². The predicted octanol–water partition coefficient (Wildman–Crippen LogP) is 4.07. The molecule has 6 rings (SSSR count). The number of anilines is 2. The number of nitrogens with one attached hydrogen (secondary N) is 1. The summed E-state index contributed by atoms with van der Waals surface area (Å²) < 4.78 is 6.88. The zero-order chi connectivity index (χ0) is 28.9. The second-order valence-electron chi connectivity index (χ2n) is 10.4. The topological polar surface area (TPSA) is 108 Å². The molecule has 0 unspecified atom stereocenters. The van der Waals surface area contributed by atoms with E-state index in [0.717, 1.165) is 42.1 Å². The zero-order valence-electron chi connectivity index (χ0n) is 23.6. The first-order chi connectivity index (χ1) is 20.6. The van der Waals surface area contributed by atoms with E-state index in [1.165, 1.54) is 5.56 Å². The minimum Gasteiger partial charge on any atom is -0.450 e. The van der Waals surface area contributed by atoms with Gasteiger partial charge in [0.25, 0.3) is 5.91 Å². The number of aromatic nitrogens is 4. The van der Waals surface area contributed by atoms with Crippen molar-refractivity contribution < 1.29 is 14.3 Å². The molecule has 1 N–H and O–H groups in total. The standard InChI is InChI=1S/C31H34N8O3/c1-2-42-31(41)38-15-11-24(12-16-38)27-6-4-14-39-28(27)34-30(35-39)33-26-9-7-25(8-10-26)29(40)37-19-17-36(18-20-37)22-23-5-3-13-32-21-23/h3-11,13-14,21H,2,12,15-20,22H2,1H3,(H,33,35). The molecule has 216 valence electrons. The van der Waals surface area contributed by atoms with Crippen molar-refractivity contribution in [3.63, 3.8) is 0 Å². The molecule has 11 heteroatoms. The van der Waals surface area contributed by atoms with Gasteiger partial charge in [0.2, 0.25) is 5.95 Å². The molecule has 11 nitrogen and oxygen atoms in total. The van der Waals surface area contributed by atoms with Crippen LogP contribution in [0.1, 0.15) is 34.8 Å². The number of rotatable bonds is 7. The molecule has 5 heterocycles. The van der Waals surface area contributed by atoms with Gasteiger partial charge in [0.1, 0.15) is 0 Å². The van der Waals surface area contributed by atoms with Gasteiger partial charge in [-0.1, -0.05) is 12.1 Å². The molecule has 0 aliphatic carbocycles. The lowest BCUT2D eigenvalue weighted by molar-refractivity contribution is 0.0628. The Kier molecular flexibility index (Phi) is 8.09. The predicted molar refractivity (Wildman–Crippen MR) is 159 cm³/mol. The van der Waals surface area contributed by atoms with E-state index in [1.54, 1.807) is 15.6 Å². The van der Waals surface area contributed by atoms with Gasteiger partial charge in [0, 0.05) is 81.2 Å². The van der Waals surface area contributed by atoms with Crippen LogP contribution in [-0.4, -0.2) is 92.2 Å². The molecular formula is C31H34N8O3. The van der Waals surface area contributed by atoms with E-state index < -0.39 is 0 Å². The number of amides is 2. The van der Waals surface area contributed by atoms with Crippen LogP contribution in [0.25, 0.3) is 11.2 Å². The van der Waals surface area contributed by atoms with Crippen molar-refractivity contribution in [3.05, 3.63) is 89.9 Å². The number of hydrogen-bond donors (Lipinski definition) is 1. The van der Waals surface area contributed by atoms with E-state index in [2.05, 4.69) is 26.4 Å². The quantitative estimate of drug-likeness (QED) is 0.357. The molecule has 2 amide bonds. The van der Waals surface area contributed by atoms with Gasteiger partial charge in [-0.15, -0.1) is 5.10 Å². The maximum absolute atomic E-state index is 13.1. The molecule has 0 bridgehead atoms. The van der Waals surface area contributed by atoms with Gasteiger partial charge in [0.05, 0.1) is 6.61 Å². The molecule has 3 aromatic heterocycles. The van der Waals surface area contributed by atoms with E-state index in [1.807, 2.05) is 72.8 Å². The van der Waals surface area contributed by atoms with E-state index >= 15 is 0 Å². The van der Waals surface area contributed by atoms with Gasteiger partial charge in [-0.3, -0.25) is 14.7 Å². The third-order valence-corrected chi connectivity index (χ3v) is 7.62. The largest absolute Gasteiger partial charge is 0.450 e. The third kappa shape index (κ3) is 6.10. The van der Waals surface area contributed by atoms with Crippen molar-refractivity contribution in [2.75, 3.05) is 51.2 Å². The van der Waals surface area contributed by atoms with Crippen LogP contribution >= 0.6 is 0 Å². The summed E-state index contributed by atoms with van der Waals surface area (Å²) in [5.41, 5.74) is 5.50. The van der Waals surface area contributed by atoms with Crippen molar-refractivity contribution >= 4 is 34.9 Å². The number of pyridine rings is 2. The fourth-order valence-corrected chi connectivity index (χ4v) is 5.37. The highest BCUT2D eigenvalue weighted by atomic mass is 16.6. The van der Waals surface area contributed by atoms with E-state index in [4.69, 9.17) is 9.72 Å². The van der Waals surface area contributed by atoms with Gasteiger partial charge in [0.15, 0.2) is 5.65 Å². The summed E-state index contributed by atoms with van der Waals surface area (Å²) in [6, 6.07) is 15.5. The fourth-order valence-electron chi connectivity index (χ4n) is 5.37. The first-order valence-corrected chi connectivity index (χ1v) is 14.3. The highest BCUT2D eigenvalue weighted by Crippen LogP contribution is 2.27. The van der Waals surface area contributed by atoms with Gasteiger partial charge in [-0.2, -0.15) is 4.98 Å². The molecule has 0 atom stereocenters. The maximum atomic E-state index is 13.1. The Morgan fingerprint density at radius 3 is 2.52 bits per heavy atom. The zero-order valence-corrected chi connectivity index (χ0v) is 23.6. The number of benzene rings is 1. The Bertz CT molecular complexity index is 1580. The van der Waals surface area contributed by atoms with Crippen LogP contribution in [0.15, 0.2) is 73.2 Å². The van der Waals surface area contributed by atoms with E-state index in [0.29, 0.717) is 50.7 Å². The lowest BCUT2D eigenvalue weighted by Crippen LogP contribution is -2.48. The molecular weight excluding hydrogens is 532 g/mol. The van der Waals surface area contributed by atoms with Crippen LogP contribution in [-0.2, 0) is 11.3 Å². The Morgan fingerprint density at radius 2 is 1.81 bits per heavy atom. The van der Waals surface area contributed by atoms with Gasteiger partial charge in [-0.25, -0.2) is 9.31 Å². The summed E-state index contributed by atoms with van der Waals surface area (Å²) in [6.07, 6.45) is 8.02. The summed E-state index contributed by atoms with van der Waals surface area (Å²) in [5.74, 6) is 0.510. The van der Waals surface area contributed by atoms with Crippen molar-refractivity contribution in [1.82, 2.24) is 34.3 Å². The number of carbonyl (C=O) groups is 2. The lowest BCUT2D eigenvalue weighted by Gasteiger charge is -2.34. The average molecular weight is 567 g/mol. The number of piperazine rings is 1. The maximum Gasteiger partial charge on any atom is 0.410 e. The number of nitrogens with zero attached hydrogens (tertiary/aromatic N) is 7. The SMILES string of the molecule is CCOC(=O)N1CC=C(c2cccn3nc(Nc4ccc(C(=O)N5CCN(Cc6cccnc6)CC5)cc4)nc23)CC1. The van der Waals surface area contributed by atoms with Gasteiger partial charge >= 0.3 is 6.09 Å². The Balaban J connectivity index is 1.07. The first kappa shape index (κ1) is 27.4. The van der Waals surface area contributed by atoms with Gasteiger partial charge in [-0.05, 0) is 66.9 Å². The molecule has 2 aliphatic rings. The van der Waals surface area contributed by atoms with Crippen LogP contribution in [0.4, 0.5) is 16.4 Å². The van der Waals surface area contributed by atoms with Crippen LogP contribution in [0.3, 0.4) is 0 Å². The summed E-state index contributed by atoms with van der Waals surface area (Å²) in [5, 5.41) is 7.86. The van der Waals surface area contributed by atoms with Crippen molar-refractivity contribution in [2.45, 2.75) is 19.9 Å². The normalized spacial score (nSPS) is 15.9. The number of fused-ring (bicyclic) bond motifs is 1. The third-order valence-electron chi connectivity index (χ3n) is 7.62. The fraction of sp³-hybridized carbons (Fsp3) is 0.323. The minimum absolute atomic E-state index is 0.0420. The highest BCUT2D eigenvalue weighted by Gasteiger charge is 2.23. The van der Waals surface area contributed by atoms with Crippen LogP contribution in [0.5, 0.6) is 0 Å². The number of carbonyl (C=O) groups excluding carboxylic acids is 2. The average Bonchev–Trinajstić information content (AvgIpc) is 3.45. The van der Waals surface area contributed by atoms with Crippen LogP contribution in [0, 0.1) is 0 Å². The molecule has 42 heavy (non-hydrogen) atoms. The second kappa shape index (κ2) is 12.4. The summed E-state index contributed by atoms with van der Waals surface area (Å²) >= 11 is 0. The molecule has 2 aliphatic heterocycles. The van der Waals surface area contributed by atoms with Crippen LogP contribution in [0.2, 0.25) is 0 Å². The van der Waals surface area contributed by atoms with Gasteiger partial charge < -0.3 is 19.9 Å². The molecule has 0 radical (unpaired) electrons. The lowest BCUT2D eigenvalue weighted by atomic mass is 10.0. The first-order valence-electron chi connectivity index (χ1n) is 14.3. The molecule has 1 fully saturated rings. The molecule has 1 aromatic carbocycles. The Hall–Kier alpha value is -4.77. The van der Waals surface area contributed by atoms with Crippen LogP contribution < -0.4 is 5.32 Å². The highest BCUT2D eigenvalue weighted by molar-refractivity contribution is 5.94. The molecule has 0 saturated carbocycles. The summed E-state index contributed by atoms with van der Waals surface area (Å²) in [6.45, 7) is 7.19. The summed E-state index contributed by atoms with van der Waals surface area (Å²) in [7, 11) is 0. The Morgan fingerprint density at radius 1 is 0.976 bits per heavy atom. The summed E-state index contributed by atoms with van der Waals surface area (Å²) in [4.78, 5) is 40.1. The van der Waals surface area contributed by atoms with Crippen molar-refractivity contribution in [3.8, 4) is 0 Å².